The lowest BCUT2D eigenvalue weighted by atomic mass is 10.1. The highest BCUT2D eigenvalue weighted by Gasteiger charge is 2.07. The van der Waals surface area contributed by atoms with Crippen LogP contribution < -0.4 is 5.32 Å². The highest BCUT2D eigenvalue weighted by atomic mass is 32.2. The van der Waals surface area contributed by atoms with Crippen molar-refractivity contribution in [2.24, 2.45) is 0 Å². The third-order valence-corrected chi connectivity index (χ3v) is 4.76. The average Bonchev–Trinajstić information content (AvgIpc) is 2.41. The van der Waals surface area contributed by atoms with Crippen LogP contribution in [0.15, 0.2) is 46.2 Å². The van der Waals surface area contributed by atoms with E-state index in [1.165, 1.54) is 32.0 Å². The molecule has 0 saturated carbocycles. The van der Waals surface area contributed by atoms with Crippen molar-refractivity contribution in [2.75, 3.05) is 0 Å². The summed E-state index contributed by atoms with van der Waals surface area (Å²) in [5, 5.41) is 3.53. The summed E-state index contributed by atoms with van der Waals surface area (Å²) in [6.45, 7) is 11.8. The fourth-order valence-corrected chi connectivity index (χ4v) is 3.28. The van der Waals surface area contributed by atoms with Crippen LogP contribution in [0.3, 0.4) is 0 Å². The summed E-state index contributed by atoms with van der Waals surface area (Å²) in [5.74, 6) is 0. The summed E-state index contributed by atoms with van der Waals surface area (Å²) < 4.78 is 0. The van der Waals surface area contributed by atoms with Gasteiger partial charge in [0.1, 0.15) is 0 Å². The summed E-state index contributed by atoms with van der Waals surface area (Å²) in [6, 6.07) is 13.9. The van der Waals surface area contributed by atoms with Crippen LogP contribution in [0.1, 0.15) is 36.1 Å². The summed E-state index contributed by atoms with van der Waals surface area (Å²) in [4.78, 5) is 2.69. The lowest BCUT2D eigenvalue weighted by Gasteiger charge is -2.14. The molecule has 2 aromatic rings. The van der Waals surface area contributed by atoms with Gasteiger partial charge in [-0.25, -0.2) is 0 Å². The lowest BCUT2D eigenvalue weighted by Crippen LogP contribution is -2.22. The van der Waals surface area contributed by atoms with Crippen molar-refractivity contribution < 1.29 is 0 Å². The van der Waals surface area contributed by atoms with E-state index in [4.69, 9.17) is 0 Å². The Morgan fingerprint density at radius 3 is 2.14 bits per heavy atom. The van der Waals surface area contributed by atoms with Gasteiger partial charge in [0.25, 0.3) is 0 Å². The van der Waals surface area contributed by atoms with Crippen molar-refractivity contribution in [2.45, 2.75) is 57.0 Å². The van der Waals surface area contributed by atoms with Crippen molar-refractivity contribution in [1.29, 1.82) is 0 Å². The van der Waals surface area contributed by atoms with Crippen LogP contribution in [-0.2, 0) is 6.54 Å². The molecule has 2 rings (SSSR count). The molecule has 0 aliphatic rings. The molecule has 112 valence electrons. The monoisotopic (exact) mass is 299 g/mol. The van der Waals surface area contributed by atoms with Gasteiger partial charge in [-0.1, -0.05) is 61.0 Å². The molecule has 0 fully saturated rings. The van der Waals surface area contributed by atoms with Gasteiger partial charge >= 0.3 is 0 Å². The number of hydrogen-bond acceptors (Lipinski definition) is 2. The SMILES string of the molecule is Cc1ccc(Sc2ccc(C)cc2CNC(C)C)c(C)c1. The molecule has 0 spiro atoms. The second-order valence-corrected chi connectivity index (χ2v) is 7.10. The smallest absolute Gasteiger partial charge is 0.0219 e. The molecular weight excluding hydrogens is 274 g/mol. The number of benzene rings is 2. The summed E-state index contributed by atoms with van der Waals surface area (Å²) in [7, 11) is 0. The first-order valence-corrected chi connectivity index (χ1v) is 8.35. The number of aryl methyl sites for hydroxylation is 3. The Kier molecular flexibility index (Phi) is 5.49. The minimum absolute atomic E-state index is 0.504. The number of rotatable bonds is 5. The van der Waals surface area contributed by atoms with Crippen molar-refractivity contribution in [3.05, 3.63) is 58.7 Å². The molecule has 0 unspecified atom stereocenters. The molecule has 21 heavy (non-hydrogen) atoms. The largest absolute Gasteiger partial charge is 0.310 e. The Balaban J connectivity index is 2.26. The Morgan fingerprint density at radius 2 is 1.52 bits per heavy atom. The fraction of sp³-hybridized carbons (Fsp3) is 0.368. The van der Waals surface area contributed by atoms with E-state index in [-0.39, 0.29) is 0 Å². The van der Waals surface area contributed by atoms with Crippen LogP contribution in [0, 0.1) is 20.8 Å². The summed E-state index contributed by atoms with van der Waals surface area (Å²) in [5.41, 5.74) is 5.38. The van der Waals surface area contributed by atoms with Crippen LogP contribution in [0.25, 0.3) is 0 Å². The molecule has 2 aromatic carbocycles. The molecule has 1 nitrogen and oxygen atoms in total. The van der Waals surface area contributed by atoms with Crippen molar-refractivity contribution >= 4 is 11.8 Å². The molecule has 2 heteroatoms. The molecule has 0 aliphatic heterocycles. The first-order chi connectivity index (χ1) is 9.95. The van der Waals surface area contributed by atoms with Gasteiger partial charge < -0.3 is 5.32 Å². The van der Waals surface area contributed by atoms with Crippen molar-refractivity contribution in [1.82, 2.24) is 5.32 Å². The van der Waals surface area contributed by atoms with Crippen LogP contribution in [0.2, 0.25) is 0 Å². The van der Waals surface area contributed by atoms with Crippen LogP contribution >= 0.6 is 11.8 Å². The molecule has 0 saturated heterocycles. The summed E-state index contributed by atoms with van der Waals surface area (Å²) in [6.07, 6.45) is 0. The van der Waals surface area contributed by atoms with E-state index in [2.05, 4.69) is 76.3 Å². The normalized spacial score (nSPS) is 11.1. The van der Waals surface area contributed by atoms with Gasteiger partial charge in [0.15, 0.2) is 0 Å². The summed E-state index contributed by atoms with van der Waals surface area (Å²) >= 11 is 1.87. The zero-order chi connectivity index (χ0) is 15.4. The highest BCUT2D eigenvalue weighted by Crippen LogP contribution is 2.33. The third kappa shape index (κ3) is 4.62. The van der Waals surface area contributed by atoms with Gasteiger partial charge in [-0.15, -0.1) is 0 Å². The maximum atomic E-state index is 3.53. The van der Waals surface area contributed by atoms with Crippen LogP contribution in [0.4, 0.5) is 0 Å². The minimum Gasteiger partial charge on any atom is -0.310 e. The molecule has 0 atom stereocenters. The maximum absolute atomic E-state index is 3.53. The second kappa shape index (κ2) is 7.15. The Hall–Kier alpha value is -1.25. The second-order valence-electron chi connectivity index (χ2n) is 6.02. The lowest BCUT2D eigenvalue weighted by molar-refractivity contribution is 0.584. The van der Waals surface area contributed by atoms with Gasteiger partial charge in [-0.2, -0.15) is 0 Å². The molecule has 1 N–H and O–H groups in total. The topological polar surface area (TPSA) is 12.0 Å². The molecule has 0 radical (unpaired) electrons. The van der Waals surface area contributed by atoms with E-state index in [0.29, 0.717) is 6.04 Å². The minimum atomic E-state index is 0.504. The quantitative estimate of drug-likeness (QED) is 0.808. The predicted octanol–water partition coefficient (Wildman–Crippen LogP) is 5.26. The van der Waals surface area contributed by atoms with E-state index in [9.17, 15) is 0 Å². The van der Waals surface area contributed by atoms with E-state index < -0.39 is 0 Å². The van der Waals surface area contributed by atoms with Crippen LogP contribution in [-0.4, -0.2) is 6.04 Å². The molecule has 0 aromatic heterocycles. The molecule has 0 heterocycles. The van der Waals surface area contributed by atoms with Gasteiger partial charge in [0.05, 0.1) is 0 Å². The average molecular weight is 299 g/mol. The first kappa shape index (κ1) is 16.1. The Morgan fingerprint density at radius 1 is 0.905 bits per heavy atom. The molecule has 0 aliphatic carbocycles. The first-order valence-electron chi connectivity index (χ1n) is 7.53. The van der Waals surface area contributed by atoms with Gasteiger partial charge in [0, 0.05) is 22.4 Å². The van der Waals surface area contributed by atoms with E-state index in [1.54, 1.807) is 0 Å². The standard InChI is InChI=1S/C19H25NS/c1-13(2)20-12-17-11-15(4)7-9-19(17)21-18-8-6-14(3)10-16(18)5/h6-11,13,20H,12H2,1-5H3. The van der Waals surface area contributed by atoms with Crippen molar-refractivity contribution in [3.63, 3.8) is 0 Å². The number of hydrogen-bond donors (Lipinski definition) is 1. The zero-order valence-corrected chi connectivity index (χ0v) is 14.5. The zero-order valence-electron chi connectivity index (χ0n) is 13.7. The number of nitrogens with one attached hydrogen (secondary N) is 1. The predicted molar refractivity (Wildman–Crippen MR) is 93.2 cm³/mol. The third-order valence-electron chi connectivity index (χ3n) is 3.47. The van der Waals surface area contributed by atoms with Gasteiger partial charge in [0.2, 0.25) is 0 Å². The van der Waals surface area contributed by atoms with Gasteiger partial charge in [-0.3, -0.25) is 0 Å². The van der Waals surface area contributed by atoms with Crippen LogP contribution in [0.5, 0.6) is 0 Å². The molecular formula is C19H25NS. The van der Waals surface area contributed by atoms with E-state index >= 15 is 0 Å². The Labute approximate surface area is 133 Å². The fourth-order valence-electron chi connectivity index (χ4n) is 2.29. The van der Waals surface area contributed by atoms with Crippen molar-refractivity contribution in [3.8, 4) is 0 Å². The maximum Gasteiger partial charge on any atom is 0.0219 e. The van der Waals surface area contributed by atoms with E-state index in [1.807, 2.05) is 11.8 Å². The molecule has 0 bridgehead atoms. The van der Waals surface area contributed by atoms with Gasteiger partial charge in [-0.05, 0) is 44.0 Å². The van der Waals surface area contributed by atoms with E-state index in [0.717, 1.165) is 6.54 Å². The highest BCUT2D eigenvalue weighted by molar-refractivity contribution is 7.99. The molecule has 0 amide bonds. The Bertz CT molecular complexity index is 617.